The van der Waals surface area contributed by atoms with E-state index in [2.05, 4.69) is 10.2 Å². The monoisotopic (exact) mass is 433 g/mol. The van der Waals surface area contributed by atoms with Crippen LogP contribution >= 0.6 is 0 Å². The molecule has 1 atom stereocenters. The molecule has 0 radical (unpaired) electrons. The fraction of sp³-hybridized carbons (Fsp3) is 0.474. The van der Waals surface area contributed by atoms with Gasteiger partial charge in [-0.2, -0.15) is 4.31 Å². The van der Waals surface area contributed by atoms with E-state index in [9.17, 15) is 18.0 Å². The molecule has 0 saturated carbocycles. The Hall–Kier alpha value is -2.79. The standard InChI is InChI=1S/C19H23N5O5S/c1-3-11-30(27,28)23-10-6-9-15(23)18(26)29-12-16-20-21-19-22(2)17(25)13-7-4-5-8-14(13)24(16)19/h4-5,7-8,15H,3,6,9-12H2,1-2H3. The van der Waals surface area contributed by atoms with Crippen molar-refractivity contribution in [1.82, 2.24) is 23.5 Å². The highest BCUT2D eigenvalue weighted by Crippen LogP contribution is 2.23. The van der Waals surface area contributed by atoms with Gasteiger partial charge in [0.15, 0.2) is 12.4 Å². The molecular weight excluding hydrogens is 410 g/mol. The quantitative estimate of drug-likeness (QED) is 0.529. The Morgan fingerprint density at radius 1 is 1.27 bits per heavy atom. The summed E-state index contributed by atoms with van der Waals surface area (Å²) in [6.45, 7) is 1.93. The Kier molecular flexibility index (Phi) is 5.33. The first kappa shape index (κ1) is 20.5. The summed E-state index contributed by atoms with van der Waals surface area (Å²) in [6.07, 6.45) is 1.53. The number of hydrogen-bond donors (Lipinski definition) is 0. The molecule has 0 N–H and O–H groups in total. The molecule has 0 bridgehead atoms. The van der Waals surface area contributed by atoms with Crippen LogP contribution in [0.25, 0.3) is 16.7 Å². The average molecular weight is 433 g/mol. The van der Waals surface area contributed by atoms with E-state index in [0.717, 1.165) is 0 Å². The maximum Gasteiger partial charge on any atom is 0.324 e. The van der Waals surface area contributed by atoms with E-state index in [0.29, 0.717) is 48.3 Å². The molecule has 1 fully saturated rings. The second-order valence-electron chi connectivity index (χ2n) is 7.33. The first-order valence-corrected chi connectivity index (χ1v) is 11.4. The molecule has 10 nitrogen and oxygen atoms in total. The molecule has 11 heteroatoms. The third-order valence-corrected chi connectivity index (χ3v) is 7.41. The molecule has 1 aromatic carbocycles. The number of fused-ring (bicyclic) bond motifs is 3. The zero-order valence-electron chi connectivity index (χ0n) is 16.8. The fourth-order valence-electron chi connectivity index (χ4n) is 3.90. The Morgan fingerprint density at radius 3 is 2.80 bits per heavy atom. The zero-order valence-corrected chi connectivity index (χ0v) is 17.6. The number of aromatic nitrogens is 4. The minimum atomic E-state index is -3.49. The minimum absolute atomic E-state index is 0.00557. The summed E-state index contributed by atoms with van der Waals surface area (Å²) in [5, 5.41) is 8.64. The topological polar surface area (TPSA) is 116 Å². The summed E-state index contributed by atoms with van der Waals surface area (Å²) < 4.78 is 34.6. The van der Waals surface area contributed by atoms with Crippen LogP contribution in [-0.4, -0.2) is 56.2 Å². The number of carbonyl (C=O) groups is 1. The molecule has 3 heterocycles. The van der Waals surface area contributed by atoms with Gasteiger partial charge in [-0.25, -0.2) is 8.42 Å². The second-order valence-corrected chi connectivity index (χ2v) is 9.37. The van der Waals surface area contributed by atoms with Gasteiger partial charge in [-0.05, 0) is 31.4 Å². The van der Waals surface area contributed by atoms with E-state index in [1.807, 2.05) is 0 Å². The number of sulfonamides is 1. The fourth-order valence-corrected chi connectivity index (χ4v) is 5.64. The Bertz CT molecular complexity index is 1280. The molecule has 1 aliphatic rings. The van der Waals surface area contributed by atoms with Gasteiger partial charge in [0.25, 0.3) is 5.56 Å². The molecule has 1 saturated heterocycles. The molecule has 0 spiro atoms. The van der Waals surface area contributed by atoms with Gasteiger partial charge in [0.1, 0.15) is 6.04 Å². The molecule has 30 heavy (non-hydrogen) atoms. The van der Waals surface area contributed by atoms with Crippen LogP contribution in [0.4, 0.5) is 0 Å². The van der Waals surface area contributed by atoms with Crippen LogP contribution < -0.4 is 5.56 Å². The highest BCUT2D eigenvalue weighted by molar-refractivity contribution is 7.89. The van der Waals surface area contributed by atoms with Crippen molar-refractivity contribution >= 4 is 32.7 Å². The average Bonchev–Trinajstić information content (AvgIpc) is 3.38. The highest BCUT2D eigenvalue weighted by atomic mass is 32.2. The number of benzene rings is 1. The number of nitrogens with zero attached hydrogens (tertiary/aromatic N) is 5. The summed E-state index contributed by atoms with van der Waals surface area (Å²) in [5.74, 6) is 0.0907. The molecule has 3 aromatic rings. The molecule has 4 rings (SSSR count). The maximum atomic E-state index is 12.7. The number of carbonyl (C=O) groups excluding carboxylic acids is 1. The lowest BCUT2D eigenvalue weighted by atomic mass is 10.2. The summed E-state index contributed by atoms with van der Waals surface area (Å²) >= 11 is 0. The first-order chi connectivity index (χ1) is 14.3. The molecule has 2 aromatic heterocycles. The van der Waals surface area contributed by atoms with E-state index in [1.54, 1.807) is 42.6 Å². The van der Waals surface area contributed by atoms with Gasteiger partial charge in [0, 0.05) is 13.6 Å². The predicted octanol–water partition coefficient (Wildman–Crippen LogP) is 0.829. The van der Waals surface area contributed by atoms with Crippen molar-refractivity contribution < 1.29 is 17.9 Å². The molecule has 0 aliphatic carbocycles. The van der Waals surface area contributed by atoms with Crippen molar-refractivity contribution in [3.63, 3.8) is 0 Å². The second kappa shape index (κ2) is 7.80. The third kappa shape index (κ3) is 3.37. The van der Waals surface area contributed by atoms with Crippen molar-refractivity contribution in [3.05, 3.63) is 40.4 Å². The van der Waals surface area contributed by atoms with Crippen LogP contribution in [0.2, 0.25) is 0 Å². The van der Waals surface area contributed by atoms with Gasteiger partial charge in [-0.3, -0.25) is 18.6 Å². The van der Waals surface area contributed by atoms with E-state index < -0.39 is 22.0 Å². The maximum absolute atomic E-state index is 12.7. The van der Waals surface area contributed by atoms with Crippen LogP contribution in [0.15, 0.2) is 29.1 Å². The lowest BCUT2D eigenvalue weighted by Crippen LogP contribution is -2.42. The molecule has 160 valence electrons. The Labute approximate surface area is 173 Å². The summed E-state index contributed by atoms with van der Waals surface area (Å²) in [5.41, 5.74) is 0.413. The van der Waals surface area contributed by atoms with E-state index in [4.69, 9.17) is 4.74 Å². The minimum Gasteiger partial charge on any atom is -0.456 e. The number of ether oxygens (including phenoxy) is 1. The number of aryl methyl sites for hydroxylation is 1. The van der Waals surface area contributed by atoms with Crippen LogP contribution in [0.3, 0.4) is 0 Å². The normalized spacial score (nSPS) is 17.7. The predicted molar refractivity (Wildman–Crippen MR) is 109 cm³/mol. The van der Waals surface area contributed by atoms with E-state index >= 15 is 0 Å². The van der Waals surface area contributed by atoms with Crippen LogP contribution in [0.5, 0.6) is 0 Å². The van der Waals surface area contributed by atoms with Crippen LogP contribution in [0.1, 0.15) is 32.0 Å². The summed E-state index contributed by atoms with van der Waals surface area (Å²) in [7, 11) is -1.89. The van der Waals surface area contributed by atoms with Crippen molar-refractivity contribution in [2.75, 3.05) is 12.3 Å². The lowest BCUT2D eigenvalue weighted by Gasteiger charge is -2.22. The van der Waals surface area contributed by atoms with Crippen molar-refractivity contribution in [1.29, 1.82) is 0 Å². The lowest BCUT2D eigenvalue weighted by molar-refractivity contribution is -0.149. The summed E-state index contributed by atoms with van der Waals surface area (Å²) in [4.78, 5) is 25.2. The van der Waals surface area contributed by atoms with Crippen molar-refractivity contribution in [3.8, 4) is 0 Å². The molecule has 1 aliphatic heterocycles. The smallest absolute Gasteiger partial charge is 0.324 e. The van der Waals surface area contributed by atoms with Gasteiger partial charge in [0.2, 0.25) is 15.8 Å². The highest BCUT2D eigenvalue weighted by Gasteiger charge is 2.39. The molecule has 0 amide bonds. The summed E-state index contributed by atoms with van der Waals surface area (Å²) in [6, 6.07) is 6.23. The number of rotatable bonds is 6. The molecular formula is C19H23N5O5S. The van der Waals surface area contributed by atoms with E-state index in [1.165, 1.54) is 8.87 Å². The Balaban J connectivity index is 1.62. The SMILES string of the molecule is CCCS(=O)(=O)N1CCCC1C(=O)OCc1nnc2n(C)c(=O)c3ccccc3n12. The molecule has 1 unspecified atom stereocenters. The number of para-hydroxylation sites is 1. The largest absolute Gasteiger partial charge is 0.456 e. The van der Waals surface area contributed by atoms with Gasteiger partial charge in [0.05, 0.1) is 16.7 Å². The number of esters is 1. The van der Waals surface area contributed by atoms with Crippen LogP contribution in [-0.2, 0) is 33.2 Å². The van der Waals surface area contributed by atoms with Gasteiger partial charge in [-0.15, -0.1) is 10.2 Å². The van der Waals surface area contributed by atoms with Gasteiger partial charge in [-0.1, -0.05) is 19.1 Å². The Morgan fingerprint density at radius 2 is 2.03 bits per heavy atom. The van der Waals surface area contributed by atoms with Crippen molar-refractivity contribution in [2.24, 2.45) is 7.05 Å². The van der Waals surface area contributed by atoms with Crippen LogP contribution in [0, 0.1) is 0 Å². The first-order valence-electron chi connectivity index (χ1n) is 9.83. The number of hydrogen-bond acceptors (Lipinski definition) is 7. The van der Waals surface area contributed by atoms with E-state index in [-0.39, 0.29) is 17.9 Å². The zero-order chi connectivity index (χ0) is 21.5. The third-order valence-electron chi connectivity index (χ3n) is 5.33. The van der Waals surface area contributed by atoms with Crippen molar-refractivity contribution in [2.45, 2.75) is 38.8 Å². The van der Waals surface area contributed by atoms with Gasteiger partial charge < -0.3 is 4.74 Å². The van der Waals surface area contributed by atoms with Gasteiger partial charge >= 0.3 is 5.97 Å².